The molecule has 0 amide bonds. The minimum absolute atomic E-state index is 0.0461. The Morgan fingerprint density at radius 1 is 1.06 bits per heavy atom. The zero-order chi connectivity index (χ0) is 23.5. The van der Waals surface area contributed by atoms with Crippen LogP contribution in [0.2, 0.25) is 0 Å². The van der Waals surface area contributed by atoms with Gasteiger partial charge in [-0.15, -0.1) is 10.2 Å². The van der Waals surface area contributed by atoms with Crippen molar-refractivity contribution in [3.63, 3.8) is 0 Å². The maximum atomic E-state index is 14.3. The summed E-state index contributed by atoms with van der Waals surface area (Å²) in [6, 6.07) is 9.97. The largest absolute Gasteiger partial charge is 0.405 e. The summed E-state index contributed by atoms with van der Waals surface area (Å²) in [5.74, 6) is 5.91. The molecule has 6 rings (SSSR count). The summed E-state index contributed by atoms with van der Waals surface area (Å²) in [5.41, 5.74) is 1.14. The van der Waals surface area contributed by atoms with Crippen molar-refractivity contribution in [3.05, 3.63) is 59.7 Å². The maximum absolute atomic E-state index is 14.3. The zero-order valence-corrected chi connectivity index (χ0v) is 18.0. The van der Waals surface area contributed by atoms with Crippen molar-refractivity contribution in [3.8, 4) is 11.8 Å². The Morgan fingerprint density at radius 2 is 1.91 bits per heavy atom. The summed E-state index contributed by atoms with van der Waals surface area (Å²) >= 11 is 0. The highest BCUT2D eigenvalue weighted by Crippen LogP contribution is 2.57. The third kappa shape index (κ3) is 3.28. The number of hydrogen-bond donors (Lipinski definition) is 0. The molecule has 4 aromatic rings. The number of nitrogens with zero attached hydrogens (tertiary/aromatic N) is 5. The number of anilines is 2. The molecule has 1 saturated carbocycles. The van der Waals surface area contributed by atoms with E-state index in [9.17, 15) is 17.6 Å². The third-order valence-corrected chi connectivity index (χ3v) is 6.68. The predicted molar refractivity (Wildman–Crippen MR) is 119 cm³/mol. The van der Waals surface area contributed by atoms with Gasteiger partial charge >= 0.3 is 6.18 Å². The quantitative estimate of drug-likeness (QED) is 0.272. The van der Waals surface area contributed by atoms with Gasteiger partial charge in [-0.1, -0.05) is 17.9 Å². The molecule has 3 heterocycles. The van der Waals surface area contributed by atoms with Crippen molar-refractivity contribution in [2.75, 3.05) is 11.4 Å². The summed E-state index contributed by atoms with van der Waals surface area (Å²) in [6.07, 6.45) is -0.316. The fourth-order valence-electron chi connectivity index (χ4n) is 4.64. The molecule has 34 heavy (non-hydrogen) atoms. The lowest BCUT2D eigenvalue weighted by Gasteiger charge is -2.26. The summed E-state index contributed by atoms with van der Waals surface area (Å²) in [7, 11) is 0. The van der Waals surface area contributed by atoms with E-state index in [0.717, 1.165) is 24.1 Å². The van der Waals surface area contributed by atoms with Crippen LogP contribution in [0, 0.1) is 23.1 Å². The van der Waals surface area contributed by atoms with E-state index in [-0.39, 0.29) is 18.7 Å². The van der Waals surface area contributed by atoms with Crippen molar-refractivity contribution in [1.82, 2.24) is 19.6 Å². The summed E-state index contributed by atoms with van der Waals surface area (Å²) in [6.45, 7) is 0.624. The summed E-state index contributed by atoms with van der Waals surface area (Å²) in [4.78, 5) is 6.69. The molecule has 5 nitrogen and oxygen atoms in total. The second-order valence-corrected chi connectivity index (χ2v) is 8.84. The van der Waals surface area contributed by atoms with Gasteiger partial charge in [-0.2, -0.15) is 18.2 Å². The number of alkyl halides is 3. The molecule has 2 aliphatic rings. The first kappa shape index (κ1) is 20.9. The van der Waals surface area contributed by atoms with Gasteiger partial charge in [0.25, 0.3) is 5.78 Å². The Morgan fingerprint density at radius 3 is 2.71 bits per heavy atom. The van der Waals surface area contributed by atoms with E-state index < -0.39 is 11.6 Å². The molecule has 0 saturated heterocycles. The number of fused-ring (bicyclic) bond motifs is 4. The van der Waals surface area contributed by atoms with E-state index in [2.05, 4.69) is 27.0 Å². The minimum Gasteiger partial charge on any atom is -0.325 e. The third-order valence-electron chi connectivity index (χ3n) is 6.68. The molecule has 0 spiro atoms. The van der Waals surface area contributed by atoms with Gasteiger partial charge in [0.1, 0.15) is 23.4 Å². The van der Waals surface area contributed by atoms with Crippen LogP contribution in [-0.2, 0) is 6.42 Å². The van der Waals surface area contributed by atoms with Crippen molar-refractivity contribution in [2.24, 2.45) is 5.41 Å². The molecule has 0 atom stereocenters. The van der Waals surface area contributed by atoms with Crippen LogP contribution in [0.5, 0.6) is 0 Å². The van der Waals surface area contributed by atoms with Gasteiger partial charge < -0.3 is 4.90 Å². The van der Waals surface area contributed by atoms with Crippen molar-refractivity contribution < 1.29 is 17.6 Å². The van der Waals surface area contributed by atoms with Crippen LogP contribution >= 0.6 is 0 Å². The standard InChI is InChI=1S/C25H19F4N5/c26-17-7-8-21-19(14-17)22(31-23-32-30-15-34(21)23)33-13-2-1-5-18-16(4-3-6-20(18)33)9-10-24(11-12-24)25(27,28)29/h3-4,6-8,14-15H,1-2,5,11-13H2. The maximum Gasteiger partial charge on any atom is 0.405 e. The highest BCUT2D eigenvalue weighted by Gasteiger charge is 2.62. The van der Waals surface area contributed by atoms with Crippen molar-refractivity contribution in [1.29, 1.82) is 0 Å². The SMILES string of the molecule is Fc1ccc2c(c1)c(N1CCCCc3c(C#CC4(C(F)(F)F)CC4)cccc31)nc1nncn12. The number of hydrogen-bond acceptors (Lipinski definition) is 4. The average molecular weight is 465 g/mol. The first-order chi connectivity index (χ1) is 16.4. The Bertz CT molecular complexity index is 1490. The van der Waals surface area contributed by atoms with Gasteiger partial charge in [-0.05, 0) is 68.0 Å². The monoisotopic (exact) mass is 465 g/mol. The van der Waals surface area contributed by atoms with Crippen LogP contribution in [0.3, 0.4) is 0 Å². The zero-order valence-electron chi connectivity index (χ0n) is 18.0. The molecule has 0 bridgehead atoms. The molecular formula is C25H19F4N5. The van der Waals surface area contributed by atoms with Crippen LogP contribution in [-0.4, -0.2) is 32.3 Å². The molecule has 172 valence electrons. The van der Waals surface area contributed by atoms with Crippen LogP contribution < -0.4 is 4.90 Å². The molecule has 1 aliphatic heterocycles. The highest BCUT2D eigenvalue weighted by atomic mass is 19.4. The lowest BCUT2D eigenvalue weighted by atomic mass is 9.99. The Labute approximate surface area is 192 Å². The second-order valence-electron chi connectivity index (χ2n) is 8.84. The van der Waals surface area contributed by atoms with E-state index in [1.807, 2.05) is 11.0 Å². The number of benzene rings is 2. The summed E-state index contributed by atoms with van der Waals surface area (Å²) in [5, 5.41) is 8.62. The molecule has 2 aromatic carbocycles. The topological polar surface area (TPSA) is 46.3 Å². The van der Waals surface area contributed by atoms with E-state index in [1.165, 1.54) is 18.5 Å². The first-order valence-electron chi connectivity index (χ1n) is 11.1. The van der Waals surface area contributed by atoms with Gasteiger partial charge in [-0.3, -0.25) is 4.40 Å². The van der Waals surface area contributed by atoms with E-state index in [0.29, 0.717) is 41.0 Å². The lowest BCUT2D eigenvalue weighted by Crippen LogP contribution is -2.22. The molecule has 0 radical (unpaired) electrons. The van der Waals surface area contributed by atoms with Gasteiger partial charge in [0.15, 0.2) is 0 Å². The number of rotatable bonds is 1. The Balaban J connectivity index is 1.52. The number of aromatic nitrogens is 4. The Hall–Kier alpha value is -3.67. The first-order valence-corrected chi connectivity index (χ1v) is 11.1. The van der Waals surface area contributed by atoms with Gasteiger partial charge in [0, 0.05) is 23.2 Å². The van der Waals surface area contributed by atoms with Crippen molar-refractivity contribution >= 4 is 28.2 Å². The van der Waals surface area contributed by atoms with E-state index in [1.54, 1.807) is 22.6 Å². The molecule has 9 heteroatoms. The molecule has 2 aromatic heterocycles. The predicted octanol–water partition coefficient (Wildman–Crippen LogP) is 5.59. The average Bonchev–Trinajstić information content (AvgIpc) is 3.52. The number of halogens is 4. The van der Waals surface area contributed by atoms with Gasteiger partial charge in [0.2, 0.25) is 0 Å². The van der Waals surface area contributed by atoms with Gasteiger partial charge in [-0.25, -0.2) is 4.39 Å². The molecule has 1 aliphatic carbocycles. The molecular weight excluding hydrogens is 446 g/mol. The minimum atomic E-state index is -4.32. The van der Waals surface area contributed by atoms with E-state index in [4.69, 9.17) is 0 Å². The normalized spacial score (nSPS) is 17.2. The van der Waals surface area contributed by atoms with Gasteiger partial charge in [0.05, 0.1) is 5.52 Å². The van der Waals surface area contributed by atoms with Crippen LogP contribution in [0.15, 0.2) is 42.7 Å². The van der Waals surface area contributed by atoms with Crippen LogP contribution in [0.4, 0.5) is 29.1 Å². The lowest BCUT2D eigenvalue weighted by molar-refractivity contribution is -0.168. The van der Waals surface area contributed by atoms with Crippen molar-refractivity contribution in [2.45, 2.75) is 38.3 Å². The summed E-state index contributed by atoms with van der Waals surface area (Å²) < 4.78 is 56.2. The fraction of sp³-hybridized carbons (Fsp3) is 0.320. The highest BCUT2D eigenvalue weighted by molar-refractivity contribution is 5.94. The fourth-order valence-corrected chi connectivity index (χ4v) is 4.64. The van der Waals surface area contributed by atoms with Crippen LogP contribution in [0.1, 0.15) is 36.8 Å². The van der Waals surface area contributed by atoms with Crippen LogP contribution in [0.25, 0.3) is 16.7 Å². The Kier molecular flexibility index (Phi) is 4.56. The second kappa shape index (κ2) is 7.42. The molecule has 0 unspecified atom stereocenters. The smallest absolute Gasteiger partial charge is 0.325 e. The molecule has 0 N–H and O–H groups in total. The van der Waals surface area contributed by atoms with E-state index >= 15 is 0 Å². The molecule has 1 fully saturated rings.